The summed E-state index contributed by atoms with van der Waals surface area (Å²) in [5, 5.41) is -0.247. The van der Waals surface area contributed by atoms with E-state index in [1.165, 1.54) is 7.11 Å². The van der Waals surface area contributed by atoms with Crippen molar-refractivity contribution in [2.24, 2.45) is 0 Å². The minimum atomic E-state index is -4.50. The fourth-order valence-electron chi connectivity index (χ4n) is 1.55. The first kappa shape index (κ1) is 16.5. The van der Waals surface area contributed by atoms with Crippen molar-refractivity contribution in [1.29, 1.82) is 0 Å². The molecule has 0 saturated carbocycles. The van der Waals surface area contributed by atoms with E-state index >= 15 is 0 Å². The van der Waals surface area contributed by atoms with Gasteiger partial charge >= 0.3 is 12.1 Å². The Hall–Kier alpha value is -1.56. The van der Waals surface area contributed by atoms with Crippen molar-refractivity contribution >= 4 is 23.4 Å². The molecule has 0 heterocycles. The smallest absolute Gasteiger partial charge is 0.416 e. The highest BCUT2D eigenvalue weighted by molar-refractivity contribution is 6.34. The van der Waals surface area contributed by atoms with Gasteiger partial charge in [0, 0.05) is 18.4 Å². The lowest BCUT2D eigenvalue weighted by Gasteiger charge is -2.09. The maximum absolute atomic E-state index is 12.4. The highest BCUT2D eigenvalue weighted by Crippen LogP contribution is 2.32. The van der Waals surface area contributed by atoms with Crippen molar-refractivity contribution in [2.45, 2.75) is 25.4 Å². The molecule has 110 valence electrons. The summed E-state index contributed by atoms with van der Waals surface area (Å²) in [4.78, 5) is 22.6. The number of Topliss-reactive ketones (excluding diaryl/α,β-unsaturated/α-hetero) is 1. The quantitative estimate of drug-likeness (QED) is 0.612. The summed E-state index contributed by atoms with van der Waals surface area (Å²) >= 11 is 5.69. The normalized spacial score (nSPS) is 11.2. The maximum Gasteiger partial charge on any atom is 0.416 e. The molecule has 0 aliphatic heterocycles. The SMILES string of the molecule is COC(=O)CCCC(=O)c1ccc(C(F)(F)F)cc1Cl. The molecule has 0 spiro atoms. The average molecular weight is 309 g/mol. The van der Waals surface area contributed by atoms with E-state index < -0.39 is 23.5 Å². The Labute approximate surface area is 118 Å². The second-order valence-electron chi connectivity index (χ2n) is 4.05. The Morgan fingerprint density at radius 2 is 1.90 bits per heavy atom. The minimum Gasteiger partial charge on any atom is -0.469 e. The molecule has 0 N–H and O–H groups in total. The predicted octanol–water partition coefficient (Wildman–Crippen LogP) is 3.88. The fourth-order valence-corrected chi connectivity index (χ4v) is 1.83. The third-order valence-corrected chi connectivity index (χ3v) is 2.92. The van der Waals surface area contributed by atoms with E-state index in [1.807, 2.05) is 0 Å². The van der Waals surface area contributed by atoms with Crippen LogP contribution in [0.15, 0.2) is 18.2 Å². The van der Waals surface area contributed by atoms with Crippen LogP contribution in [-0.2, 0) is 15.7 Å². The number of alkyl halides is 3. The zero-order chi connectivity index (χ0) is 15.3. The highest BCUT2D eigenvalue weighted by Gasteiger charge is 2.31. The van der Waals surface area contributed by atoms with Gasteiger partial charge in [0.1, 0.15) is 0 Å². The maximum atomic E-state index is 12.4. The Bertz CT molecular complexity index is 512. The molecule has 0 amide bonds. The van der Waals surface area contributed by atoms with Gasteiger partial charge in [0.2, 0.25) is 0 Å². The van der Waals surface area contributed by atoms with Crippen LogP contribution in [0.25, 0.3) is 0 Å². The van der Waals surface area contributed by atoms with Crippen LogP contribution in [0.5, 0.6) is 0 Å². The van der Waals surface area contributed by atoms with Crippen molar-refractivity contribution in [3.63, 3.8) is 0 Å². The minimum absolute atomic E-state index is 0.0141. The van der Waals surface area contributed by atoms with E-state index in [-0.39, 0.29) is 29.8 Å². The number of ether oxygens (including phenoxy) is 1. The van der Waals surface area contributed by atoms with Gasteiger partial charge in [-0.05, 0) is 24.6 Å². The van der Waals surface area contributed by atoms with E-state index in [1.54, 1.807) is 0 Å². The van der Waals surface area contributed by atoms with Crippen molar-refractivity contribution in [1.82, 2.24) is 0 Å². The van der Waals surface area contributed by atoms with E-state index in [2.05, 4.69) is 4.74 Å². The first-order valence-corrected chi connectivity index (χ1v) is 6.10. The molecule has 0 radical (unpaired) electrons. The summed E-state index contributed by atoms with van der Waals surface area (Å²) in [6, 6.07) is 2.57. The Kier molecular flexibility index (Phi) is 5.56. The Morgan fingerprint density at radius 1 is 1.25 bits per heavy atom. The molecule has 0 aliphatic carbocycles. The number of carbonyl (C=O) groups excluding carboxylic acids is 2. The summed E-state index contributed by atoms with van der Waals surface area (Å²) in [5.74, 6) is -0.857. The number of methoxy groups -OCH3 is 1. The van der Waals surface area contributed by atoms with Crippen LogP contribution < -0.4 is 0 Å². The predicted molar refractivity (Wildman–Crippen MR) is 66.7 cm³/mol. The van der Waals surface area contributed by atoms with Crippen LogP contribution in [0, 0.1) is 0 Å². The molecular weight excluding hydrogens is 297 g/mol. The van der Waals surface area contributed by atoms with Gasteiger partial charge < -0.3 is 4.74 Å². The lowest BCUT2D eigenvalue weighted by Crippen LogP contribution is -2.08. The van der Waals surface area contributed by atoms with Crippen molar-refractivity contribution in [3.8, 4) is 0 Å². The van der Waals surface area contributed by atoms with Gasteiger partial charge in [-0.1, -0.05) is 11.6 Å². The molecule has 0 aliphatic rings. The van der Waals surface area contributed by atoms with Gasteiger partial charge in [0.15, 0.2) is 5.78 Å². The Balaban J connectivity index is 2.72. The molecular formula is C13H12ClF3O3. The molecule has 0 saturated heterocycles. The number of carbonyl (C=O) groups is 2. The average Bonchev–Trinajstić information content (AvgIpc) is 2.37. The molecule has 20 heavy (non-hydrogen) atoms. The molecule has 7 heteroatoms. The molecule has 0 fully saturated rings. The lowest BCUT2D eigenvalue weighted by atomic mass is 10.0. The lowest BCUT2D eigenvalue weighted by molar-refractivity contribution is -0.140. The zero-order valence-electron chi connectivity index (χ0n) is 10.6. The van der Waals surface area contributed by atoms with Crippen molar-refractivity contribution < 1.29 is 27.5 Å². The summed E-state index contributed by atoms with van der Waals surface area (Å²) in [5.41, 5.74) is -0.891. The van der Waals surface area contributed by atoms with E-state index in [0.717, 1.165) is 18.2 Å². The molecule has 0 aromatic heterocycles. The molecule has 3 nitrogen and oxygen atoms in total. The second-order valence-corrected chi connectivity index (χ2v) is 4.45. The number of hydrogen-bond acceptors (Lipinski definition) is 3. The summed E-state index contributed by atoms with van der Waals surface area (Å²) < 4.78 is 41.7. The number of halogens is 4. The number of esters is 1. The number of benzene rings is 1. The van der Waals surface area contributed by atoms with Crippen LogP contribution in [0.4, 0.5) is 13.2 Å². The van der Waals surface area contributed by atoms with E-state index in [9.17, 15) is 22.8 Å². The standard InChI is InChI=1S/C13H12ClF3O3/c1-20-12(19)4-2-3-11(18)9-6-5-8(7-10(9)14)13(15,16)17/h5-7H,2-4H2,1H3. The molecule has 1 rings (SSSR count). The van der Waals surface area contributed by atoms with Gasteiger partial charge in [0.05, 0.1) is 17.7 Å². The number of hydrogen-bond donors (Lipinski definition) is 0. The van der Waals surface area contributed by atoms with E-state index in [0.29, 0.717) is 0 Å². The van der Waals surface area contributed by atoms with Gasteiger partial charge in [0.25, 0.3) is 0 Å². The van der Waals surface area contributed by atoms with Crippen LogP contribution in [0.1, 0.15) is 35.2 Å². The third-order valence-electron chi connectivity index (χ3n) is 2.61. The summed E-state index contributed by atoms with van der Waals surface area (Å²) in [7, 11) is 1.23. The fraction of sp³-hybridized carbons (Fsp3) is 0.385. The first-order valence-electron chi connectivity index (χ1n) is 5.72. The van der Waals surface area contributed by atoms with Crippen LogP contribution in [0.2, 0.25) is 5.02 Å². The Morgan fingerprint density at radius 3 is 2.40 bits per heavy atom. The third kappa shape index (κ3) is 4.52. The van der Waals surface area contributed by atoms with Crippen LogP contribution >= 0.6 is 11.6 Å². The highest BCUT2D eigenvalue weighted by atomic mass is 35.5. The summed E-state index contributed by atoms with van der Waals surface area (Å²) in [6.07, 6.45) is -4.17. The van der Waals surface area contributed by atoms with Crippen molar-refractivity contribution in [2.75, 3.05) is 7.11 Å². The topological polar surface area (TPSA) is 43.4 Å². The van der Waals surface area contributed by atoms with Crippen LogP contribution in [-0.4, -0.2) is 18.9 Å². The van der Waals surface area contributed by atoms with Gasteiger partial charge in [-0.25, -0.2) is 0 Å². The second kappa shape index (κ2) is 6.74. The first-order chi connectivity index (χ1) is 9.25. The molecule has 1 aromatic carbocycles. The van der Waals surface area contributed by atoms with Gasteiger partial charge in [-0.15, -0.1) is 0 Å². The molecule has 1 aromatic rings. The van der Waals surface area contributed by atoms with Crippen LogP contribution in [0.3, 0.4) is 0 Å². The molecule has 0 bridgehead atoms. The number of ketones is 1. The van der Waals surface area contributed by atoms with Gasteiger partial charge in [-0.3, -0.25) is 9.59 Å². The van der Waals surface area contributed by atoms with Crippen molar-refractivity contribution in [3.05, 3.63) is 34.3 Å². The largest absolute Gasteiger partial charge is 0.469 e. The summed E-state index contributed by atoms with van der Waals surface area (Å²) in [6.45, 7) is 0. The number of rotatable bonds is 5. The van der Waals surface area contributed by atoms with E-state index in [4.69, 9.17) is 11.6 Å². The molecule has 0 atom stereocenters. The van der Waals surface area contributed by atoms with Gasteiger partial charge in [-0.2, -0.15) is 13.2 Å². The zero-order valence-corrected chi connectivity index (χ0v) is 11.3. The molecule has 0 unspecified atom stereocenters. The monoisotopic (exact) mass is 308 g/mol.